The largest absolute Gasteiger partial charge is 0.487 e. The molecule has 0 atom stereocenters. The van der Waals surface area contributed by atoms with Gasteiger partial charge in [0.25, 0.3) is 0 Å². The Kier molecular flexibility index (Phi) is 3.42. The summed E-state index contributed by atoms with van der Waals surface area (Å²) in [7, 11) is -3.64. The third kappa shape index (κ3) is 2.46. The summed E-state index contributed by atoms with van der Waals surface area (Å²) in [4.78, 5) is 15.0. The lowest BCUT2D eigenvalue weighted by molar-refractivity contribution is 0.0696. The first-order valence-corrected chi connectivity index (χ1v) is 7.82. The van der Waals surface area contributed by atoms with Crippen LogP contribution in [0, 0.1) is 0 Å². The van der Waals surface area contributed by atoms with Gasteiger partial charge in [-0.25, -0.2) is 13.2 Å². The van der Waals surface area contributed by atoms with E-state index >= 15 is 0 Å². The first kappa shape index (κ1) is 14.3. The van der Waals surface area contributed by atoms with Crippen LogP contribution in [0.15, 0.2) is 52.5 Å². The Balaban J connectivity index is 1.89. The Labute approximate surface area is 126 Å². The van der Waals surface area contributed by atoms with Gasteiger partial charge in [-0.3, -0.25) is 4.98 Å². The van der Waals surface area contributed by atoms with E-state index in [4.69, 9.17) is 9.84 Å². The SMILES string of the molecule is O=C(O)c1ccc2c(c1)C=C(COc1cccnc1)S2(=O)=O. The highest BCUT2D eigenvalue weighted by molar-refractivity contribution is 7.95. The predicted octanol–water partition coefficient (Wildman–Crippen LogP) is 1.99. The van der Waals surface area contributed by atoms with E-state index in [0.29, 0.717) is 11.3 Å². The van der Waals surface area contributed by atoms with E-state index in [0.717, 1.165) is 0 Å². The minimum Gasteiger partial charge on any atom is -0.487 e. The Hall–Kier alpha value is -2.67. The molecule has 2 aromatic rings. The third-order valence-electron chi connectivity index (χ3n) is 3.22. The summed E-state index contributed by atoms with van der Waals surface area (Å²) < 4.78 is 30.2. The molecule has 2 heterocycles. The molecule has 112 valence electrons. The van der Waals surface area contributed by atoms with Gasteiger partial charge in [-0.15, -0.1) is 0 Å². The van der Waals surface area contributed by atoms with Gasteiger partial charge in [-0.2, -0.15) is 0 Å². The zero-order valence-electron chi connectivity index (χ0n) is 11.3. The van der Waals surface area contributed by atoms with Crippen molar-refractivity contribution in [3.8, 4) is 5.75 Å². The molecule has 7 heteroatoms. The highest BCUT2D eigenvalue weighted by atomic mass is 32.2. The molecule has 1 N–H and O–H groups in total. The summed E-state index contributed by atoms with van der Waals surface area (Å²) in [6.07, 6.45) is 4.51. The number of pyridine rings is 1. The summed E-state index contributed by atoms with van der Waals surface area (Å²) in [5.74, 6) is -0.644. The van der Waals surface area contributed by atoms with Crippen molar-refractivity contribution in [2.45, 2.75) is 4.90 Å². The number of benzene rings is 1. The molecule has 1 aliphatic heterocycles. The van der Waals surface area contributed by atoms with Gasteiger partial charge >= 0.3 is 5.97 Å². The van der Waals surface area contributed by atoms with Crippen LogP contribution in [0.5, 0.6) is 5.75 Å². The maximum absolute atomic E-state index is 12.4. The number of aromatic nitrogens is 1. The van der Waals surface area contributed by atoms with Crippen molar-refractivity contribution in [3.63, 3.8) is 0 Å². The monoisotopic (exact) mass is 317 g/mol. The average molecular weight is 317 g/mol. The number of hydrogen-bond donors (Lipinski definition) is 1. The average Bonchev–Trinajstić information content (AvgIpc) is 2.76. The fourth-order valence-electron chi connectivity index (χ4n) is 2.14. The van der Waals surface area contributed by atoms with Crippen LogP contribution in [0.25, 0.3) is 6.08 Å². The van der Waals surface area contributed by atoms with Crippen molar-refractivity contribution in [1.82, 2.24) is 4.98 Å². The Morgan fingerprint density at radius 2 is 2.09 bits per heavy atom. The molecule has 0 bridgehead atoms. The number of carboxylic acids is 1. The predicted molar refractivity (Wildman–Crippen MR) is 78.3 cm³/mol. The fourth-order valence-corrected chi connectivity index (χ4v) is 3.59. The molecule has 0 radical (unpaired) electrons. The van der Waals surface area contributed by atoms with Crippen molar-refractivity contribution in [2.75, 3.05) is 6.61 Å². The molecule has 22 heavy (non-hydrogen) atoms. The molecule has 0 spiro atoms. The standard InChI is InChI=1S/C15H11NO5S/c17-15(18)10-3-4-14-11(6-10)7-13(22(14,19)20)9-21-12-2-1-5-16-8-12/h1-8H,9H2,(H,17,18). The summed E-state index contributed by atoms with van der Waals surface area (Å²) in [5, 5.41) is 8.96. The van der Waals surface area contributed by atoms with Gasteiger partial charge in [0.2, 0.25) is 9.84 Å². The van der Waals surface area contributed by atoms with Crippen molar-refractivity contribution < 1.29 is 23.1 Å². The van der Waals surface area contributed by atoms with Crippen LogP contribution >= 0.6 is 0 Å². The van der Waals surface area contributed by atoms with Gasteiger partial charge < -0.3 is 9.84 Å². The van der Waals surface area contributed by atoms with Crippen LogP contribution in [0.4, 0.5) is 0 Å². The van der Waals surface area contributed by atoms with Crippen molar-refractivity contribution in [2.24, 2.45) is 0 Å². The van der Waals surface area contributed by atoms with Gasteiger partial charge in [0.15, 0.2) is 0 Å². The lowest BCUT2D eigenvalue weighted by atomic mass is 10.1. The number of hydrogen-bond acceptors (Lipinski definition) is 5. The van der Waals surface area contributed by atoms with Crippen LogP contribution in [0.2, 0.25) is 0 Å². The third-order valence-corrected chi connectivity index (χ3v) is 5.10. The zero-order chi connectivity index (χ0) is 15.7. The van der Waals surface area contributed by atoms with E-state index in [-0.39, 0.29) is 22.0 Å². The van der Waals surface area contributed by atoms with E-state index in [1.165, 1.54) is 30.5 Å². The maximum Gasteiger partial charge on any atom is 0.335 e. The van der Waals surface area contributed by atoms with Gasteiger partial charge in [0, 0.05) is 6.20 Å². The van der Waals surface area contributed by atoms with Gasteiger partial charge in [0.05, 0.1) is 21.6 Å². The van der Waals surface area contributed by atoms with Crippen LogP contribution in [0.3, 0.4) is 0 Å². The molecule has 1 aliphatic rings. The normalized spacial score (nSPS) is 15.0. The smallest absolute Gasteiger partial charge is 0.335 e. The van der Waals surface area contributed by atoms with Gasteiger partial charge in [-0.05, 0) is 42.0 Å². The molecule has 1 aromatic heterocycles. The number of ether oxygens (including phenoxy) is 1. The number of fused-ring (bicyclic) bond motifs is 1. The zero-order valence-corrected chi connectivity index (χ0v) is 12.1. The number of carbonyl (C=O) groups is 1. The van der Waals surface area contributed by atoms with Crippen molar-refractivity contribution in [1.29, 1.82) is 0 Å². The molecule has 0 fully saturated rings. The van der Waals surface area contributed by atoms with Gasteiger partial charge in [-0.1, -0.05) is 0 Å². The first-order chi connectivity index (χ1) is 10.5. The number of nitrogens with zero attached hydrogens (tertiary/aromatic N) is 1. The second-order valence-corrected chi connectivity index (χ2v) is 6.62. The minimum atomic E-state index is -3.64. The molecular weight excluding hydrogens is 306 g/mol. The van der Waals surface area contributed by atoms with Crippen molar-refractivity contribution >= 4 is 21.9 Å². The van der Waals surface area contributed by atoms with Crippen LogP contribution < -0.4 is 4.74 Å². The Morgan fingerprint density at radius 3 is 2.77 bits per heavy atom. The second kappa shape index (κ2) is 5.27. The number of aromatic carboxylic acids is 1. The number of sulfone groups is 1. The highest BCUT2D eigenvalue weighted by Crippen LogP contribution is 2.33. The van der Waals surface area contributed by atoms with Crippen LogP contribution in [-0.2, 0) is 9.84 Å². The van der Waals surface area contributed by atoms with Crippen LogP contribution in [0.1, 0.15) is 15.9 Å². The fraction of sp³-hybridized carbons (Fsp3) is 0.0667. The maximum atomic E-state index is 12.4. The first-order valence-electron chi connectivity index (χ1n) is 6.34. The van der Waals surface area contributed by atoms with E-state index < -0.39 is 15.8 Å². The summed E-state index contributed by atoms with van der Waals surface area (Å²) in [5.41, 5.74) is 0.407. The summed E-state index contributed by atoms with van der Waals surface area (Å²) in [6.45, 7) is -0.134. The quantitative estimate of drug-likeness (QED) is 0.927. The second-order valence-electron chi connectivity index (χ2n) is 4.65. The minimum absolute atomic E-state index is 0.0413. The summed E-state index contributed by atoms with van der Waals surface area (Å²) >= 11 is 0. The lowest BCUT2D eigenvalue weighted by Crippen LogP contribution is -2.09. The van der Waals surface area contributed by atoms with E-state index in [1.807, 2.05) is 0 Å². The highest BCUT2D eigenvalue weighted by Gasteiger charge is 2.30. The Morgan fingerprint density at radius 1 is 1.27 bits per heavy atom. The lowest BCUT2D eigenvalue weighted by Gasteiger charge is -2.06. The number of carboxylic acid groups (broad SMARTS) is 1. The molecule has 0 aliphatic carbocycles. The van der Waals surface area contributed by atoms with Crippen LogP contribution in [-0.4, -0.2) is 31.1 Å². The topological polar surface area (TPSA) is 93.6 Å². The molecule has 6 nitrogen and oxygen atoms in total. The molecule has 3 rings (SSSR count). The van der Waals surface area contributed by atoms with E-state index in [2.05, 4.69) is 4.98 Å². The van der Waals surface area contributed by atoms with E-state index in [1.54, 1.807) is 18.3 Å². The molecule has 0 saturated carbocycles. The van der Waals surface area contributed by atoms with E-state index in [9.17, 15) is 13.2 Å². The molecule has 0 amide bonds. The molecule has 0 saturated heterocycles. The molecular formula is C15H11NO5S. The summed E-state index contributed by atoms with van der Waals surface area (Å²) in [6, 6.07) is 7.27. The van der Waals surface area contributed by atoms with Gasteiger partial charge in [0.1, 0.15) is 12.4 Å². The Bertz CT molecular complexity index is 872. The van der Waals surface area contributed by atoms with Crippen molar-refractivity contribution in [3.05, 3.63) is 58.8 Å². The molecule has 0 unspecified atom stereocenters. The molecule has 1 aromatic carbocycles. The number of rotatable bonds is 4.